The van der Waals surface area contributed by atoms with E-state index in [1.165, 1.54) is 38.9 Å². The van der Waals surface area contributed by atoms with Crippen molar-refractivity contribution in [2.24, 2.45) is 17.3 Å². The molecule has 0 bridgehead atoms. The highest BCUT2D eigenvalue weighted by Crippen LogP contribution is 2.51. The largest absolute Gasteiger partial charge is 0.316 e. The fourth-order valence-corrected chi connectivity index (χ4v) is 2.82. The maximum atomic E-state index is 3.70. The standard InChI is InChI=1S/C13H26N2/c1-10(2)13(5-6-13)9-14-8-12-4-7-15-11(12)3/h10-12,14-15H,4-9H2,1-3H3. The van der Waals surface area contributed by atoms with E-state index in [0.717, 1.165) is 11.8 Å². The summed E-state index contributed by atoms with van der Waals surface area (Å²) >= 11 is 0. The van der Waals surface area contributed by atoms with Gasteiger partial charge >= 0.3 is 0 Å². The Bertz CT molecular complexity index is 209. The fraction of sp³-hybridized carbons (Fsp3) is 1.00. The molecule has 15 heavy (non-hydrogen) atoms. The third kappa shape index (κ3) is 2.54. The molecule has 2 aliphatic rings. The van der Waals surface area contributed by atoms with Crippen molar-refractivity contribution in [3.05, 3.63) is 0 Å². The average Bonchev–Trinajstić information content (AvgIpc) is 2.87. The van der Waals surface area contributed by atoms with Gasteiger partial charge in [-0.3, -0.25) is 0 Å². The molecule has 1 saturated carbocycles. The van der Waals surface area contributed by atoms with Crippen molar-refractivity contribution in [2.75, 3.05) is 19.6 Å². The van der Waals surface area contributed by atoms with Crippen LogP contribution in [0.3, 0.4) is 0 Å². The van der Waals surface area contributed by atoms with Crippen LogP contribution in [-0.4, -0.2) is 25.7 Å². The van der Waals surface area contributed by atoms with E-state index in [4.69, 9.17) is 0 Å². The van der Waals surface area contributed by atoms with Crippen LogP contribution in [0.25, 0.3) is 0 Å². The van der Waals surface area contributed by atoms with Gasteiger partial charge in [-0.15, -0.1) is 0 Å². The van der Waals surface area contributed by atoms with Crippen molar-refractivity contribution in [1.29, 1.82) is 0 Å². The summed E-state index contributed by atoms with van der Waals surface area (Å²) in [5, 5.41) is 7.22. The lowest BCUT2D eigenvalue weighted by Gasteiger charge is -2.22. The molecule has 2 nitrogen and oxygen atoms in total. The van der Waals surface area contributed by atoms with E-state index in [-0.39, 0.29) is 0 Å². The van der Waals surface area contributed by atoms with Gasteiger partial charge in [0, 0.05) is 12.6 Å². The Morgan fingerprint density at radius 1 is 1.40 bits per heavy atom. The zero-order chi connectivity index (χ0) is 10.9. The molecule has 2 heteroatoms. The molecule has 0 radical (unpaired) electrons. The minimum Gasteiger partial charge on any atom is -0.316 e. The van der Waals surface area contributed by atoms with Crippen LogP contribution in [0.2, 0.25) is 0 Å². The van der Waals surface area contributed by atoms with Gasteiger partial charge < -0.3 is 10.6 Å². The van der Waals surface area contributed by atoms with E-state index in [1.54, 1.807) is 0 Å². The fourth-order valence-electron chi connectivity index (χ4n) is 2.82. The maximum absolute atomic E-state index is 3.70. The van der Waals surface area contributed by atoms with Crippen LogP contribution in [0.1, 0.15) is 40.0 Å². The highest BCUT2D eigenvalue weighted by Gasteiger charge is 2.44. The molecule has 0 aromatic heterocycles. The first-order valence-electron chi connectivity index (χ1n) is 6.58. The average molecular weight is 210 g/mol. The van der Waals surface area contributed by atoms with Crippen molar-refractivity contribution in [3.63, 3.8) is 0 Å². The van der Waals surface area contributed by atoms with E-state index in [1.807, 2.05) is 0 Å². The molecule has 2 atom stereocenters. The zero-order valence-corrected chi connectivity index (χ0v) is 10.5. The number of nitrogens with one attached hydrogen (secondary N) is 2. The molecule has 0 amide bonds. The molecule has 1 saturated heterocycles. The quantitative estimate of drug-likeness (QED) is 0.725. The van der Waals surface area contributed by atoms with Crippen LogP contribution in [0.5, 0.6) is 0 Å². The summed E-state index contributed by atoms with van der Waals surface area (Å²) in [6.07, 6.45) is 4.23. The van der Waals surface area contributed by atoms with Crippen molar-refractivity contribution in [1.82, 2.24) is 10.6 Å². The van der Waals surface area contributed by atoms with E-state index in [0.29, 0.717) is 11.5 Å². The lowest BCUT2D eigenvalue weighted by atomic mass is 9.92. The number of hydrogen-bond acceptors (Lipinski definition) is 2. The zero-order valence-electron chi connectivity index (χ0n) is 10.5. The van der Waals surface area contributed by atoms with Gasteiger partial charge in [0.05, 0.1) is 0 Å². The minimum atomic E-state index is 0.662. The van der Waals surface area contributed by atoms with Crippen molar-refractivity contribution < 1.29 is 0 Å². The Balaban J connectivity index is 1.66. The van der Waals surface area contributed by atoms with Crippen molar-refractivity contribution >= 4 is 0 Å². The monoisotopic (exact) mass is 210 g/mol. The molecular weight excluding hydrogens is 184 g/mol. The molecule has 1 heterocycles. The second-order valence-electron chi connectivity index (χ2n) is 5.94. The van der Waals surface area contributed by atoms with Crippen LogP contribution >= 0.6 is 0 Å². The molecule has 0 spiro atoms. The number of hydrogen-bond donors (Lipinski definition) is 2. The highest BCUT2D eigenvalue weighted by molar-refractivity contribution is 4.97. The van der Waals surface area contributed by atoms with Gasteiger partial charge in [0.1, 0.15) is 0 Å². The third-order valence-corrected chi connectivity index (χ3v) is 4.69. The van der Waals surface area contributed by atoms with Crippen LogP contribution in [0.15, 0.2) is 0 Å². The molecule has 2 rings (SSSR count). The van der Waals surface area contributed by atoms with E-state index >= 15 is 0 Å². The van der Waals surface area contributed by atoms with Crippen LogP contribution in [0.4, 0.5) is 0 Å². The summed E-state index contributed by atoms with van der Waals surface area (Å²) in [5.74, 6) is 1.71. The summed E-state index contributed by atoms with van der Waals surface area (Å²) in [6, 6.07) is 0.715. The van der Waals surface area contributed by atoms with Gasteiger partial charge in [-0.2, -0.15) is 0 Å². The molecular formula is C13H26N2. The SMILES string of the molecule is CC1NCCC1CNCC1(C(C)C)CC1. The Morgan fingerprint density at radius 2 is 2.13 bits per heavy atom. The van der Waals surface area contributed by atoms with Gasteiger partial charge in [0.25, 0.3) is 0 Å². The van der Waals surface area contributed by atoms with Gasteiger partial charge in [-0.25, -0.2) is 0 Å². The molecule has 0 aromatic carbocycles. The first kappa shape index (κ1) is 11.4. The van der Waals surface area contributed by atoms with Crippen molar-refractivity contribution in [3.8, 4) is 0 Å². The van der Waals surface area contributed by atoms with Crippen LogP contribution < -0.4 is 10.6 Å². The smallest absolute Gasteiger partial charge is 0.00795 e. The summed E-state index contributed by atoms with van der Waals surface area (Å²) in [5.41, 5.74) is 0.662. The lowest BCUT2D eigenvalue weighted by molar-refractivity contribution is 0.322. The Labute approximate surface area is 94.2 Å². The summed E-state index contributed by atoms with van der Waals surface area (Å²) in [7, 11) is 0. The van der Waals surface area contributed by atoms with Gasteiger partial charge in [0.15, 0.2) is 0 Å². The molecule has 2 unspecified atom stereocenters. The van der Waals surface area contributed by atoms with Gasteiger partial charge in [-0.05, 0) is 56.5 Å². The second kappa shape index (κ2) is 4.42. The lowest BCUT2D eigenvalue weighted by Crippen LogP contribution is -2.35. The van der Waals surface area contributed by atoms with E-state index < -0.39 is 0 Å². The molecule has 88 valence electrons. The molecule has 2 fully saturated rings. The third-order valence-electron chi connectivity index (χ3n) is 4.69. The minimum absolute atomic E-state index is 0.662. The Morgan fingerprint density at radius 3 is 2.60 bits per heavy atom. The maximum Gasteiger partial charge on any atom is 0.00795 e. The summed E-state index contributed by atoms with van der Waals surface area (Å²) in [6.45, 7) is 10.7. The predicted molar refractivity (Wildman–Crippen MR) is 64.9 cm³/mol. The first-order valence-corrected chi connectivity index (χ1v) is 6.58. The normalized spacial score (nSPS) is 33.6. The predicted octanol–water partition coefficient (Wildman–Crippen LogP) is 2.01. The molecule has 0 aromatic rings. The Hall–Kier alpha value is -0.0800. The van der Waals surface area contributed by atoms with E-state index in [9.17, 15) is 0 Å². The van der Waals surface area contributed by atoms with Crippen molar-refractivity contribution in [2.45, 2.75) is 46.1 Å². The molecule has 1 aliphatic carbocycles. The second-order valence-corrected chi connectivity index (χ2v) is 5.94. The number of rotatable bonds is 5. The highest BCUT2D eigenvalue weighted by atomic mass is 15.0. The topological polar surface area (TPSA) is 24.1 Å². The first-order chi connectivity index (χ1) is 7.14. The Kier molecular flexibility index (Phi) is 3.36. The molecule has 2 N–H and O–H groups in total. The molecule has 1 aliphatic heterocycles. The summed E-state index contributed by atoms with van der Waals surface area (Å²) < 4.78 is 0. The van der Waals surface area contributed by atoms with Crippen LogP contribution in [0, 0.1) is 17.3 Å². The van der Waals surface area contributed by atoms with Gasteiger partial charge in [0.2, 0.25) is 0 Å². The summed E-state index contributed by atoms with van der Waals surface area (Å²) in [4.78, 5) is 0. The van der Waals surface area contributed by atoms with Gasteiger partial charge in [-0.1, -0.05) is 13.8 Å². The van der Waals surface area contributed by atoms with Crippen LogP contribution in [-0.2, 0) is 0 Å². The van der Waals surface area contributed by atoms with E-state index in [2.05, 4.69) is 31.4 Å².